The summed E-state index contributed by atoms with van der Waals surface area (Å²) in [6.45, 7) is 0. The first-order chi connectivity index (χ1) is 13.1. The summed E-state index contributed by atoms with van der Waals surface area (Å²) in [5.41, 5.74) is 0.898. The Bertz CT molecular complexity index is 1030. The molecule has 2 heterocycles. The normalized spacial score (nSPS) is 11.0. The fourth-order valence-electron chi connectivity index (χ4n) is 2.75. The second kappa shape index (κ2) is 6.60. The van der Waals surface area contributed by atoms with Gasteiger partial charge in [-0.25, -0.2) is 23.4 Å². The molecule has 0 aliphatic rings. The summed E-state index contributed by atoms with van der Waals surface area (Å²) in [4.78, 5) is 11.8. The lowest BCUT2D eigenvalue weighted by Crippen LogP contribution is -2.21. The van der Waals surface area contributed by atoms with Crippen LogP contribution in [0.3, 0.4) is 0 Å². The van der Waals surface area contributed by atoms with Crippen molar-refractivity contribution in [1.29, 1.82) is 0 Å². The molecule has 0 radical (unpaired) electrons. The van der Waals surface area contributed by atoms with E-state index in [-0.39, 0.29) is 34.3 Å². The number of hydrogen-bond donors (Lipinski definition) is 0. The average molecular weight is 368 g/mol. The van der Waals surface area contributed by atoms with Crippen molar-refractivity contribution in [3.05, 3.63) is 60.2 Å². The maximum absolute atomic E-state index is 14.3. The fourth-order valence-corrected chi connectivity index (χ4v) is 2.75. The summed E-state index contributed by atoms with van der Waals surface area (Å²) in [6.07, 6.45) is 0. The summed E-state index contributed by atoms with van der Waals surface area (Å²) in [6, 6.07) is 12.5. The predicted molar refractivity (Wildman–Crippen MR) is 96.3 cm³/mol. The van der Waals surface area contributed by atoms with Crippen molar-refractivity contribution in [1.82, 2.24) is 20.3 Å². The van der Waals surface area contributed by atoms with E-state index in [0.29, 0.717) is 0 Å². The van der Waals surface area contributed by atoms with Crippen molar-refractivity contribution in [2.45, 2.75) is 0 Å². The van der Waals surface area contributed by atoms with Crippen LogP contribution >= 0.6 is 0 Å². The van der Waals surface area contributed by atoms with E-state index in [1.165, 1.54) is 21.9 Å². The van der Waals surface area contributed by atoms with Gasteiger partial charge in [0.1, 0.15) is 11.6 Å². The molecule has 4 rings (SSSR count). The van der Waals surface area contributed by atoms with Crippen LogP contribution in [0.25, 0.3) is 11.3 Å². The highest BCUT2D eigenvalue weighted by Gasteiger charge is 2.23. The third-order valence-electron chi connectivity index (χ3n) is 4.14. The van der Waals surface area contributed by atoms with Crippen LogP contribution < -0.4 is 9.80 Å². The Hall–Kier alpha value is -3.62. The second-order valence-electron chi connectivity index (χ2n) is 5.80. The topological polar surface area (TPSA) is 71.2 Å². The van der Waals surface area contributed by atoms with Crippen LogP contribution in [0.5, 0.6) is 0 Å². The third-order valence-corrected chi connectivity index (χ3v) is 4.14. The number of benzene rings is 2. The van der Waals surface area contributed by atoms with Crippen LogP contribution in [0, 0.1) is 11.6 Å². The van der Waals surface area contributed by atoms with Gasteiger partial charge in [-0.05, 0) is 34.6 Å². The van der Waals surface area contributed by atoms with Crippen LogP contribution in [-0.2, 0) is 0 Å². The highest BCUT2D eigenvalue weighted by Crippen LogP contribution is 2.35. The molecule has 0 unspecified atom stereocenters. The molecule has 9 heteroatoms. The molecule has 0 fully saturated rings. The SMILES string of the molecule is CN(c1ccccc1F)c1nc2nonc2nc1N(C)c1ccccc1F. The highest BCUT2D eigenvalue weighted by atomic mass is 19.1. The summed E-state index contributed by atoms with van der Waals surface area (Å²) in [7, 11) is 3.28. The Morgan fingerprint density at radius 3 is 1.52 bits per heavy atom. The summed E-state index contributed by atoms with van der Waals surface area (Å²) >= 11 is 0. The van der Waals surface area contributed by atoms with Gasteiger partial charge in [-0.3, -0.25) is 0 Å². The van der Waals surface area contributed by atoms with E-state index in [2.05, 4.69) is 24.9 Å². The lowest BCUT2D eigenvalue weighted by molar-refractivity contribution is 0.314. The van der Waals surface area contributed by atoms with Crippen LogP contribution in [-0.4, -0.2) is 34.4 Å². The van der Waals surface area contributed by atoms with Crippen LogP contribution in [0.15, 0.2) is 53.2 Å². The maximum Gasteiger partial charge on any atom is 0.245 e. The molecule has 2 aromatic carbocycles. The zero-order valence-electron chi connectivity index (χ0n) is 14.5. The van der Waals surface area contributed by atoms with Gasteiger partial charge in [0, 0.05) is 14.1 Å². The molecule has 4 aromatic rings. The molecule has 0 aliphatic carbocycles. The van der Waals surface area contributed by atoms with Gasteiger partial charge in [-0.15, -0.1) is 0 Å². The molecular weight excluding hydrogens is 354 g/mol. The van der Waals surface area contributed by atoms with E-state index in [4.69, 9.17) is 0 Å². The fraction of sp³-hybridized carbons (Fsp3) is 0.111. The molecular formula is C18H14F2N6O. The first kappa shape index (κ1) is 16.8. The second-order valence-corrected chi connectivity index (χ2v) is 5.80. The van der Waals surface area contributed by atoms with Gasteiger partial charge < -0.3 is 9.80 Å². The Kier molecular flexibility index (Phi) is 4.11. The highest BCUT2D eigenvalue weighted by molar-refractivity contribution is 5.81. The largest absolute Gasteiger partial charge is 0.324 e. The number of aromatic nitrogens is 4. The summed E-state index contributed by atoms with van der Waals surface area (Å²) in [5, 5.41) is 7.39. The predicted octanol–water partition coefficient (Wildman–Crippen LogP) is 3.83. The first-order valence-electron chi connectivity index (χ1n) is 8.03. The number of para-hydroxylation sites is 2. The van der Waals surface area contributed by atoms with Gasteiger partial charge in [0.05, 0.1) is 11.4 Å². The van der Waals surface area contributed by atoms with Gasteiger partial charge in [-0.2, -0.15) is 0 Å². The first-order valence-corrected chi connectivity index (χ1v) is 8.03. The van der Waals surface area contributed by atoms with Crippen molar-refractivity contribution in [3.63, 3.8) is 0 Å². The zero-order chi connectivity index (χ0) is 19.0. The van der Waals surface area contributed by atoms with E-state index < -0.39 is 11.6 Å². The molecule has 136 valence electrons. The number of rotatable bonds is 4. The van der Waals surface area contributed by atoms with Gasteiger partial charge in [-0.1, -0.05) is 24.3 Å². The van der Waals surface area contributed by atoms with E-state index in [1.54, 1.807) is 50.5 Å². The molecule has 27 heavy (non-hydrogen) atoms. The number of nitrogens with zero attached hydrogens (tertiary/aromatic N) is 6. The molecule has 7 nitrogen and oxygen atoms in total. The van der Waals surface area contributed by atoms with Gasteiger partial charge in [0.25, 0.3) is 0 Å². The van der Waals surface area contributed by atoms with Gasteiger partial charge in [0.2, 0.25) is 11.3 Å². The zero-order valence-corrected chi connectivity index (χ0v) is 14.5. The Morgan fingerprint density at radius 2 is 1.11 bits per heavy atom. The molecule has 0 saturated carbocycles. The summed E-state index contributed by atoms with van der Waals surface area (Å²) < 4.78 is 33.3. The molecule has 0 atom stereocenters. The van der Waals surface area contributed by atoms with Gasteiger partial charge >= 0.3 is 0 Å². The summed E-state index contributed by atoms with van der Waals surface area (Å²) in [5.74, 6) is -0.317. The number of hydrogen-bond acceptors (Lipinski definition) is 7. The minimum absolute atomic E-state index is 0.166. The maximum atomic E-state index is 14.3. The third kappa shape index (κ3) is 2.92. The van der Waals surface area contributed by atoms with Crippen molar-refractivity contribution in [3.8, 4) is 0 Å². The Morgan fingerprint density at radius 1 is 0.704 bits per heavy atom. The quantitative estimate of drug-likeness (QED) is 0.542. The number of fused-ring (bicyclic) bond motifs is 1. The van der Waals surface area contributed by atoms with Crippen molar-refractivity contribution >= 4 is 34.3 Å². The molecule has 0 bridgehead atoms. The Balaban J connectivity index is 1.90. The lowest BCUT2D eigenvalue weighted by Gasteiger charge is -2.26. The minimum atomic E-state index is -0.431. The molecule has 0 aliphatic heterocycles. The number of halogens is 2. The molecule has 0 saturated heterocycles. The monoisotopic (exact) mass is 368 g/mol. The molecule has 0 N–H and O–H groups in total. The molecule has 0 spiro atoms. The van der Waals surface area contributed by atoms with E-state index in [9.17, 15) is 8.78 Å². The van der Waals surface area contributed by atoms with Gasteiger partial charge in [0.15, 0.2) is 11.6 Å². The van der Waals surface area contributed by atoms with Crippen molar-refractivity contribution in [2.24, 2.45) is 0 Å². The molecule has 0 amide bonds. The minimum Gasteiger partial charge on any atom is -0.324 e. The van der Waals surface area contributed by atoms with E-state index >= 15 is 0 Å². The van der Waals surface area contributed by atoms with Crippen LogP contribution in [0.1, 0.15) is 0 Å². The lowest BCUT2D eigenvalue weighted by atomic mass is 10.2. The van der Waals surface area contributed by atoms with Crippen molar-refractivity contribution in [2.75, 3.05) is 23.9 Å². The smallest absolute Gasteiger partial charge is 0.245 e. The number of anilines is 4. The van der Waals surface area contributed by atoms with E-state index in [1.807, 2.05) is 0 Å². The Labute approximate surface area is 152 Å². The average Bonchev–Trinajstić information content (AvgIpc) is 3.14. The standard InChI is InChI=1S/C18H14F2N6O/c1-25(13-9-5-3-7-11(13)19)17-18(22-16-15(21-17)23-27-24-16)26(2)14-10-6-4-8-12(14)20/h3-10H,1-2H3. The van der Waals surface area contributed by atoms with Crippen molar-refractivity contribution < 1.29 is 13.4 Å². The van der Waals surface area contributed by atoms with Crippen LogP contribution in [0.2, 0.25) is 0 Å². The van der Waals surface area contributed by atoms with Crippen LogP contribution in [0.4, 0.5) is 31.8 Å². The molecule has 2 aromatic heterocycles. The van der Waals surface area contributed by atoms with E-state index in [0.717, 1.165) is 0 Å².